The Hall–Kier alpha value is -2.38. The molecule has 168 valence electrons. The highest BCUT2D eigenvalue weighted by Gasteiger charge is 2.34. The molecule has 2 aromatic rings. The van der Waals surface area contributed by atoms with E-state index in [1.807, 2.05) is 52.9 Å². The number of hydrogen-bond acceptors (Lipinski definition) is 4. The molecule has 2 N–H and O–H groups in total. The minimum atomic E-state index is -0.683. The number of benzene rings is 1. The molecule has 0 aliphatic carbocycles. The lowest BCUT2D eigenvalue weighted by Crippen LogP contribution is -2.53. The highest BCUT2D eigenvalue weighted by atomic mass is 35.5. The molecule has 0 fully saturated rings. The summed E-state index contributed by atoms with van der Waals surface area (Å²) in [5, 5.41) is 6.17. The number of rotatable bonds is 4. The van der Waals surface area contributed by atoms with Gasteiger partial charge >= 0.3 is 0 Å². The van der Waals surface area contributed by atoms with Gasteiger partial charge in [-0.25, -0.2) is 4.98 Å². The van der Waals surface area contributed by atoms with Gasteiger partial charge in [0.15, 0.2) is 5.69 Å². The predicted molar refractivity (Wildman–Crippen MR) is 123 cm³/mol. The van der Waals surface area contributed by atoms with Crippen LogP contribution in [0.15, 0.2) is 18.2 Å². The topological polar surface area (TPSA) is 79.3 Å². The zero-order valence-corrected chi connectivity index (χ0v) is 19.9. The molecule has 31 heavy (non-hydrogen) atoms. The van der Waals surface area contributed by atoms with Gasteiger partial charge in [0.05, 0.1) is 10.7 Å². The van der Waals surface area contributed by atoms with Crippen LogP contribution in [0.1, 0.15) is 48.9 Å². The number of nitrogens with one attached hydrogen (secondary N) is 2. The Bertz CT molecular complexity index is 993. The number of carbonyl (C=O) groups is 2. The van der Waals surface area contributed by atoms with Crippen molar-refractivity contribution in [2.24, 2.45) is 5.41 Å². The normalized spacial score (nSPS) is 15.7. The fourth-order valence-corrected chi connectivity index (χ4v) is 4.14. The molecule has 1 aromatic heterocycles. The fraction of sp³-hybridized carbons (Fsp3) is 0.522. The van der Waals surface area contributed by atoms with E-state index in [-0.39, 0.29) is 11.8 Å². The molecular formula is C23H32ClN5O2. The second kappa shape index (κ2) is 9.01. The van der Waals surface area contributed by atoms with Crippen LogP contribution in [0.3, 0.4) is 0 Å². The fourth-order valence-electron chi connectivity index (χ4n) is 3.94. The zero-order valence-electron chi connectivity index (χ0n) is 19.2. The Balaban J connectivity index is 2.10. The lowest BCUT2D eigenvalue weighted by molar-refractivity contribution is -0.124. The maximum atomic E-state index is 13.4. The van der Waals surface area contributed by atoms with Crippen molar-refractivity contribution in [3.05, 3.63) is 40.2 Å². The summed E-state index contributed by atoms with van der Waals surface area (Å²) in [6.07, 6.45) is 0.945. The molecule has 0 saturated heterocycles. The molecule has 2 heterocycles. The summed E-state index contributed by atoms with van der Waals surface area (Å²) in [6, 6.07) is 5.13. The minimum absolute atomic E-state index is 0.231. The molecule has 3 rings (SSSR count). The Morgan fingerprint density at radius 2 is 1.94 bits per heavy atom. The summed E-state index contributed by atoms with van der Waals surface area (Å²) in [4.78, 5) is 32.8. The van der Waals surface area contributed by atoms with Crippen LogP contribution in [-0.4, -0.2) is 52.9 Å². The lowest BCUT2D eigenvalue weighted by Gasteiger charge is -2.29. The van der Waals surface area contributed by atoms with Gasteiger partial charge < -0.3 is 20.1 Å². The Morgan fingerprint density at radius 3 is 2.58 bits per heavy atom. The summed E-state index contributed by atoms with van der Waals surface area (Å²) in [6.45, 7) is 10.0. The monoisotopic (exact) mass is 445 g/mol. The number of aromatic nitrogens is 2. The molecule has 1 aromatic carbocycles. The van der Waals surface area contributed by atoms with Crippen LogP contribution in [0.25, 0.3) is 11.4 Å². The van der Waals surface area contributed by atoms with Crippen molar-refractivity contribution in [2.75, 3.05) is 20.6 Å². The molecule has 2 amide bonds. The first kappa shape index (κ1) is 23.3. The van der Waals surface area contributed by atoms with Crippen LogP contribution in [0, 0.1) is 12.3 Å². The number of aryl methyl sites for hydroxylation is 1. The van der Waals surface area contributed by atoms with Crippen LogP contribution in [0.2, 0.25) is 5.02 Å². The van der Waals surface area contributed by atoms with E-state index in [9.17, 15) is 9.59 Å². The van der Waals surface area contributed by atoms with Crippen molar-refractivity contribution in [2.45, 2.75) is 53.2 Å². The second-order valence-electron chi connectivity index (χ2n) is 9.34. The number of hydrogen-bond donors (Lipinski definition) is 2. The summed E-state index contributed by atoms with van der Waals surface area (Å²) in [5.41, 5.74) is 2.62. The van der Waals surface area contributed by atoms with Gasteiger partial charge in [0.1, 0.15) is 11.9 Å². The lowest BCUT2D eigenvalue weighted by atomic mass is 9.86. The smallest absolute Gasteiger partial charge is 0.272 e. The number of likely N-dealkylation sites (N-methyl/N-ethyl adjacent to an activating group) is 1. The predicted octanol–water partition coefficient (Wildman–Crippen LogP) is 3.24. The minimum Gasteiger partial charge on any atom is -0.357 e. The Kier molecular flexibility index (Phi) is 6.76. The summed E-state index contributed by atoms with van der Waals surface area (Å²) in [5.74, 6) is 0.110. The molecule has 8 heteroatoms. The molecule has 0 radical (unpaired) electrons. The van der Waals surface area contributed by atoms with Gasteiger partial charge in [0, 0.05) is 25.7 Å². The van der Waals surface area contributed by atoms with Crippen molar-refractivity contribution in [3.8, 4) is 11.4 Å². The van der Waals surface area contributed by atoms with Crippen LogP contribution in [0.4, 0.5) is 0 Å². The first-order valence-corrected chi connectivity index (χ1v) is 11.0. The van der Waals surface area contributed by atoms with Crippen molar-refractivity contribution in [1.29, 1.82) is 0 Å². The van der Waals surface area contributed by atoms with E-state index in [1.54, 1.807) is 7.05 Å². The van der Waals surface area contributed by atoms with Gasteiger partial charge in [-0.15, -0.1) is 0 Å². The van der Waals surface area contributed by atoms with E-state index in [4.69, 9.17) is 16.6 Å². The average Bonchev–Trinajstić information content (AvgIpc) is 2.92. The Labute approximate surface area is 189 Å². The molecule has 0 saturated carbocycles. The maximum absolute atomic E-state index is 13.4. The number of fused-ring (bicyclic) bond motifs is 1. The molecule has 0 spiro atoms. The van der Waals surface area contributed by atoms with Gasteiger partial charge in [-0.2, -0.15) is 0 Å². The van der Waals surface area contributed by atoms with E-state index in [0.717, 1.165) is 36.3 Å². The number of amides is 2. The standard InChI is InChI=1S/C23H32ClN5O2/c1-14-8-9-16(24)15(12-14)20-26-18(17-13-28(6)10-7-11-29(17)20)21(30)27-19(22(31)25-5)23(2,3)4/h8-9,12,19H,7,10-11,13H2,1-6H3,(H,25,31)(H,27,30). The molecule has 1 atom stereocenters. The largest absolute Gasteiger partial charge is 0.357 e. The number of carbonyl (C=O) groups excluding carboxylic acids is 2. The van der Waals surface area contributed by atoms with E-state index in [0.29, 0.717) is 23.1 Å². The van der Waals surface area contributed by atoms with Gasteiger partial charge in [-0.1, -0.05) is 44.0 Å². The zero-order chi connectivity index (χ0) is 22.9. The second-order valence-corrected chi connectivity index (χ2v) is 9.75. The molecule has 1 aliphatic rings. The van der Waals surface area contributed by atoms with E-state index in [2.05, 4.69) is 20.1 Å². The molecule has 0 bridgehead atoms. The SMILES string of the molecule is CNC(=O)C(NC(=O)c1nc(-c2cc(C)ccc2Cl)n2c1CN(C)CCC2)C(C)(C)C. The van der Waals surface area contributed by atoms with Crippen molar-refractivity contribution >= 4 is 23.4 Å². The van der Waals surface area contributed by atoms with Crippen molar-refractivity contribution < 1.29 is 9.59 Å². The van der Waals surface area contributed by atoms with E-state index < -0.39 is 11.5 Å². The summed E-state index contributed by atoms with van der Waals surface area (Å²) < 4.78 is 2.10. The Morgan fingerprint density at radius 1 is 1.23 bits per heavy atom. The van der Waals surface area contributed by atoms with E-state index in [1.165, 1.54) is 0 Å². The third-order valence-electron chi connectivity index (χ3n) is 5.64. The van der Waals surface area contributed by atoms with Crippen molar-refractivity contribution in [3.63, 3.8) is 0 Å². The van der Waals surface area contributed by atoms with Gasteiger partial charge in [-0.3, -0.25) is 9.59 Å². The number of imidazole rings is 1. The molecule has 1 unspecified atom stereocenters. The van der Waals surface area contributed by atoms with Gasteiger partial charge in [0.2, 0.25) is 5.91 Å². The van der Waals surface area contributed by atoms with Gasteiger partial charge in [-0.05, 0) is 44.5 Å². The van der Waals surface area contributed by atoms with Crippen LogP contribution < -0.4 is 10.6 Å². The summed E-state index contributed by atoms with van der Waals surface area (Å²) >= 11 is 6.52. The quantitative estimate of drug-likeness (QED) is 0.757. The third-order valence-corrected chi connectivity index (χ3v) is 5.97. The van der Waals surface area contributed by atoms with Crippen LogP contribution >= 0.6 is 11.6 Å². The maximum Gasteiger partial charge on any atom is 0.272 e. The van der Waals surface area contributed by atoms with Gasteiger partial charge in [0.25, 0.3) is 5.91 Å². The number of nitrogens with zero attached hydrogens (tertiary/aromatic N) is 3. The highest BCUT2D eigenvalue weighted by Crippen LogP contribution is 2.32. The first-order chi connectivity index (χ1) is 14.5. The van der Waals surface area contributed by atoms with E-state index >= 15 is 0 Å². The highest BCUT2D eigenvalue weighted by molar-refractivity contribution is 6.33. The third kappa shape index (κ3) is 4.93. The number of halogens is 1. The molecule has 1 aliphatic heterocycles. The first-order valence-electron chi connectivity index (χ1n) is 10.6. The van der Waals surface area contributed by atoms with Crippen LogP contribution in [-0.2, 0) is 17.9 Å². The van der Waals surface area contributed by atoms with Crippen LogP contribution in [0.5, 0.6) is 0 Å². The summed E-state index contributed by atoms with van der Waals surface area (Å²) in [7, 11) is 3.61. The molecular weight excluding hydrogens is 414 g/mol. The average molecular weight is 446 g/mol. The van der Waals surface area contributed by atoms with Crippen molar-refractivity contribution in [1.82, 2.24) is 25.1 Å². The molecule has 7 nitrogen and oxygen atoms in total.